The van der Waals surface area contributed by atoms with Gasteiger partial charge in [-0.2, -0.15) is 13.2 Å². The molecule has 112 valence electrons. The summed E-state index contributed by atoms with van der Waals surface area (Å²) in [4.78, 5) is 0. The third-order valence-electron chi connectivity index (χ3n) is 3.39. The molecule has 21 heavy (non-hydrogen) atoms. The van der Waals surface area contributed by atoms with Crippen LogP contribution in [-0.2, 0) is 12.7 Å². The molecule has 0 spiro atoms. The number of rotatable bonds is 3. The topological polar surface area (TPSA) is 12.0 Å². The Labute approximate surface area is 120 Å². The predicted octanol–water partition coefficient (Wildman–Crippen LogP) is 5.07. The Kier molecular flexibility index (Phi) is 4.21. The van der Waals surface area contributed by atoms with Crippen LogP contribution < -0.4 is 5.32 Å². The Hall–Kier alpha value is -2.04. The van der Waals surface area contributed by atoms with Crippen molar-refractivity contribution in [3.63, 3.8) is 0 Å². The third-order valence-corrected chi connectivity index (χ3v) is 3.39. The molecule has 1 N–H and O–H groups in total. The number of halogens is 4. The Balaban J connectivity index is 2.24. The number of aryl methyl sites for hydroxylation is 2. The maximum Gasteiger partial charge on any atom is 0.416 e. The zero-order chi connectivity index (χ0) is 15.6. The van der Waals surface area contributed by atoms with E-state index in [4.69, 9.17) is 0 Å². The lowest BCUT2D eigenvalue weighted by Gasteiger charge is -2.14. The fourth-order valence-corrected chi connectivity index (χ4v) is 2.15. The van der Waals surface area contributed by atoms with Gasteiger partial charge in [0, 0.05) is 6.54 Å². The Morgan fingerprint density at radius 1 is 1.00 bits per heavy atom. The number of nitrogens with one attached hydrogen (secondary N) is 1. The first-order valence-electron chi connectivity index (χ1n) is 6.45. The molecule has 0 saturated carbocycles. The number of hydrogen-bond donors (Lipinski definition) is 1. The van der Waals surface area contributed by atoms with Gasteiger partial charge in [-0.05, 0) is 48.7 Å². The zero-order valence-corrected chi connectivity index (χ0v) is 11.7. The van der Waals surface area contributed by atoms with E-state index in [1.165, 1.54) is 0 Å². The highest BCUT2D eigenvalue weighted by Crippen LogP contribution is 2.32. The van der Waals surface area contributed by atoms with Crippen molar-refractivity contribution in [2.45, 2.75) is 26.6 Å². The molecule has 0 bridgehead atoms. The van der Waals surface area contributed by atoms with E-state index < -0.39 is 17.6 Å². The molecular weight excluding hydrogens is 282 g/mol. The van der Waals surface area contributed by atoms with Crippen LogP contribution in [0.2, 0.25) is 0 Å². The molecule has 0 atom stereocenters. The smallest absolute Gasteiger partial charge is 0.379 e. The zero-order valence-electron chi connectivity index (χ0n) is 11.7. The van der Waals surface area contributed by atoms with E-state index in [1.807, 2.05) is 32.0 Å². The van der Waals surface area contributed by atoms with Crippen molar-refractivity contribution in [1.29, 1.82) is 0 Å². The van der Waals surface area contributed by atoms with Gasteiger partial charge >= 0.3 is 6.18 Å². The van der Waals surface area contributed by atoms with Crippen LogP contribution in [0, 0.1) is 19.7 Å². The lowest BCUT2D eigenvalue weighted by Crippen LogP contribution is -2.09. The molecule has 0 fully saturated rings. The van der Waals surface area contributed by atoms with E-state index in [1.54, 1.807) is 0 Å². The normalized spacial score (nSPS) is 11.5. The SMILES string of the molecule is Cc1cccc(C)c1CNc1cc(C(F)(F)F)ccc1F. The van der Waals surface area contributed by atoms with Crippen molar-refractivity contribution in [1.82, 2.24) is 0 Å². The van der Waals surface area contributed by atoms with Crippen LogP contribution in [0.3, 0.4) is 0 Å². The molecule has 2 aromatic rings. The largest absolute Gasteiger partial charge is 0.416 e. The van der Waals surface area contributed by atoms with Crippen molar-refractivity contribution >= 4 is 5.69 Å². The summed E-state index contributed by atoms with van der Waals surface area (Å²) in [6.45, 7) is 4.09. The standard InChI is InChI=1S/C16H15F4N/c1-10-4-3-5-11(2)13(10)9-21-15-8-12(16(18,19)20)6-7-14(15)17/h3-8,21H,9H2,1-2H3. The molecule has 0 aliphatic carbocycles. The van der Waals surface area contributed by atoms with Crippen LogP contribution in [0.25, 0.3) is 0 Å². The van der Waals surface area contributed by atoms with E-state index in [0.717, 1.165) is 34.9 Å². The lowest BCUT2D eigenvalue weighted by molar-refractivity contribution is -0.137. The van der Waals surface area contributed by atoms with Crippen LogP contribution >= 0.6 is 0 Å². The number of hydrogen-bond acceptors (Lipinski definition) is 1. The maximum absolute atomic E-state index is 13.6. The minimum Gasteiger partial charge on any atom is -0.379 e. The second-order valence-corrected chi connectivity index (χ2v) is 4.92. The first kappa shape index (κ1) is 15.4. The summed E-state index contributed by atoms with van der Waals surface area (Å²) in [6.07, 6.45) is -4.48. The van der Waals surface area contributed by atoms with Crippen LogP contribution in [0.4, 0.5) is 23.2 Å². The van der Waals surface area contributed by atoms with Crippen LogP contribution in [0.1, 0.15) is 22.3 Å². The molecule has 0 amide bonds. The number of benzene rings is 2. The van der Waals surface area contributed by atoms with Gasteiger partial charge in [-0.25, -0.2) is 4.39 Å². The van der Waals surface area contributed by atoms with E-state index >= 15 is 0 Å². The van der Waals surface area contributed by atoms with Gasteiger partial charge in [-0.1, -0.05) is 18.2 Å². The van der Waals surface area contributed by atoms with Gasteiger partial charge in [0.25, 0.3) is 0 Å². The van der Waals surface area contributed by atoms with Gasteiger partial charge in [-0.15, -0.1) is 0 Å². The molecule has 2 aromatic carbocycles. The molecule has 0 unspecified atom stereocenters. The molecule has 0 saturated heterocycles. The highest BCUT2D eigenvalue weighted by Gasteiger charge is 2.31. The molecule has 0 aliphatic rings. The highest BCUT2D eigenvalue weighted by atomic mass is 19.4. The second-order valence-electron chi connectivity index (χ2n) is 4.92. The summed E-state index contributed by atoms with van der Waals surface area (Å²) in [6, 6.07) is 8.08. The minimum atomic E-state index is -4.48. The average molecular weight is 297 g/mol. The van der Waals surface area contributed by atoms with E-state index in [2.05, 4.69) is 5.32 Å². The van der Waals surface area contributed by atoms with Gasteiger partial charge in [0.1, 0.15) is 5.82 Å². The van der Waals surface area contributed by atoms with E-state index in [-0.39, 0.29) is 12.2 Å². The molecule has 0 heterocycles. The summed E-state index contributed by atoms with van der Waals surface area (Å²) in [7, 11) is 0. The molecular formula is C16H15F4N. The average Bonchev–Trinajstić information content (AvgIpc) is 2.38. The molecule has 2 rings (SSSR count). The van der Waals surface area contributed by atoms with Crippen molar-refractivity contribution in [2.24, 2.45) is 0 Å². The van der Waals surface area contributed by atoms with Gasteiger partial charge < -0.3 is 5.32 Å². The van der Waals surface area contributed by atoms with Crippen LogP contribution in [0.15, 0.2) is 36.4 Å². The van der Waals surface area contributed by atoms with Crippen molar-refractivity contribution in [3.05, 3.63) is 64.5 Å². The molecule has 0 aliphatic heterocycles. The number of anilines is 1. The van der Waals surface area contributed by atoms with Crippen molar-refractivity contribution < 1.29 is 17.6 Å². The summed E-state index contributed by atoms with van der Waals surface area (Å²) in [5.74, 6) is -0.700. The van der Waals surface area contributed by atoms with E-state index in [9.17, 15) is 17.6 Å². The first-order valence-corrected chi connectivity index (χ1v) is 6.45. The predicted molar refractivity (Wildman–Crippen MR) is 74.6 cm³/mol. The van der Waals surface area contributed by atoms with Gasteiger partial charge in [-0.3, -0.25) is 0 Å². The molecule has 5 heteroatoms. The Morgan fingerprint density at radius 3 is 2.19 bits per heavy atom. The van der Waals surface area contributed by atoms with Gasteiger partial charge in [0.2, 0.25) is 0 Å². The molecule has 0 radical (unpaired) electrons. The molecule has 1 nitrogen and oxygen atoms in total. The van der Waals surface area contributed by atoms with Gasteiger partial charge in [0.15, 0.2) is 0 Å². The summed E-state index contributed by atoms with van der Waals surface area (Å²) < 4.78 is 51.6. The van der Waals surface area contributed by atoms with Crippen molar-refractivity contribution in [2.75, 3.05) is 5.32 Å². The summed E-state index contributed by atoms with van der Waals surface area (Å²) in [5, 5.41) is 2.75. The van der Waals surface area contributed by atoms with Crippen LogP contribution in [0.5, 0.6) is 0 Å². The fourth-order valence-electron chi connectivity index (χ4n) is 2.15. The van der Waals surface area contributed by atoms with Crippen molar-refractivity contribution in [3.8, 4) is 0 Å². The highest BCUT2D eigenvalue weighted by molar-refractivity contribution is 5.49. The quantitative estimate of drug-likeness (QED) is 0.780. The fraction of sp³-hybridized carbons (Fsp3) is 0.250. The Morgan fingerprint density at radius 2 is 1.62 bits per heavy atom. The van der Waals surface area contributed by atoms with E-state index in [0.29, 0.717) is 0 Å². The summed E-state index contributed by atoms with van der Waals surface area (Å²) in [5.41, 5.74) is 1.96. The molecule has 0 aromatic heterocycles. The lowest BCUT2D eigenvalue weighted by atomic mass is 10.0. The monoisotopic (exact) mass is 297 g/mol. The summed E-state index contributed by atoms with van der Waals surface area (Å²) >= 11 is 0. The van der Waals surface area contributed by atoms with Crippen LogP contribution in [-0.4, -0.2) is 0 Å². The second kappa shape index (κ2) is 5.76. The van der Waals surface area contributed by atoms with Gasteiger partial charge in [0.05, 0.1) is 11.3 Å². The minimum absolute atomic E-state index is 0.146. The third kappa shape index (κ3) is 3.54. The maximum atomic E-state index is 13.6. The number of alkyl halides is 3. The Bertz CT molecular complexity index is 627. The first-order chi connectivity index (χ1) is 9.79.